The maximum Gasteiger partial charge on any atom is 0.311 e. The van der Waals surface area contributed by atoms with Gasteiger partial charge in [-0.15, -0.1) is 0 Å². The van der Waals surface area contributed by atoms with Crippen LogP contribution in [0.25, 0.3) is 11.4 Å². The van der Waals surface area contributed by atoms with Crippen molar-refractivity contribution < 1.29 is 14.3 Å². The normalized spacial score (nSPS) is 15.9. The topological polar surface area (TPSA) is 74.2 Å². The molecule has 0 spiro atoms. The van der Waals surface area contributed by atoms with Gasteiger partial charge in [0.1, 0.15) is 11.5 Å². The van der Waals surface area contributed by atoms with Crippen molar-refractivity contribution in [3.05, 3.63) is 60.0 Å². The van der Waals surface area contributed by atoms with E-state index in [0.717, 1.165) is 16.8 Å². The quantitative estimate of drug-likeness (QED) is 0.525. The van der Waals surface area contributed by atoms with E-state index >= 15 is 0 Å². The molecular weight excluding hydrogens is 330 g/mol. The number of ether oxygens (including phenoxy) is 2. The first kappa shape index (κ1) is 16.2. The maximum absolute atomic E-state index is 11.7. The van der Waals surface area contributed by atoms with Gasteiger partial charge in [0.25, 0.3) is 0 Å². The van der Waals surface area contributed by atoms with Gasteiger partial charge in [-0.1, -0.05) is 13.0 Å². The summed E-state index contributed by atoms with van der Waals surface area (Å²) in [5, 5.41) is 0. The van der Waals surface area contributed by atoms with Crippen LogP contribution in [0.3, 0.4) is 0 Å². The lowest BCUT2D eigenvalue weighted by molar-refractivity contribution is -0.135. The summed E-state index contributed by atoms with van der Waals surface area (Å²) in [6.07, 6.45) is 3.80. The number of nitrogens with zero attached hydrogens (tertiary/aromatic N) is 3. The van der Waals surface area contributed by atoms with Crippen molar-refractivity contribution in [1.29, 1.82) is 0 Å². The molecule has 0 fully saturated rings. The number of rotatable bonds is 3. The van der Waals surface area contributed by atoms with Crippen LogP contribution in [0.2, 0.25) is 0 Å². The number of carbonyl (C=O) groups excluding carboxylic acids is 1. The molecule has 4 rings (SSSR count). The highest BCUT2D eigenvalue weighted by atomic mass is 16.5. The number of aryl methyl sites for hydroxylation is 1. The lowest BCUT2D eigenvalue weighted by Gasteiger charge is -2.21. The van der Waals surface area contributed by atoms with Crippen molar-refractivity contribution in [3.63, 3.8) is 0 Å². The molecule has 0 saturated carbocycles. The van der Waals surface area contributed by atoms with Crippen molar-refractivity contribution in [2.24, 2.45) is 0 Å². The minimum atomic E-state index is -0.223. The highest BCUT2D eigenvalue weighted by Crippen LogP contribution is 2.37. The highest BCUT2D eigenvalue weighted by molar-refractivity contribution is 5.76. The van der Waals surface area contributed by atoms with Gasteiger partial charge >= 0.3 is 5.97 Å². The third-order valence-electron chi connectivity index (χ3n) is 4.19. The van der Waals surface area contributed by atoms with Gasteiger partial charge in [-0.05, 0) is 36.6 Å². The van der Waals surface area contributed by atoms with E-state index in [1.165, 1.54) is 0 Å². The summed E-state index contributed by atoms with van der Waals surface area (Å²) in [6, 6.07) is 11.0. The van der Waals surface area contributed by atoms with Crippen LogP contribution < -0.4 is 9.47 Å². The van der Waals surface area contributed by atoms with Gasteiger partial charge in [-0.25, -0.2) is 4.98 Å². The standard InChI is InChI=1S/C20H17N3O3/c1-12-8-19(24)26-17-10-15(5-6-16(12)17)25-18-9-13(2)22-20(23-18)14-4-3-7-21-11-14/h3-7,9-12H,8H2,1-2H3. The zero-order valence-electron chi connectivity index (χ0n) is 14.5. The summed E-state index contributed by atoms with van der Waals surface area (Å²) in [7, 11) is 0. The fourth-order valence-electron chi connectivity index (χ4n) is 2.93. The molecule has 0 aliphatic carbocycles. The summed E-state index contributed by atoms with van der Waals surface area (Å²) in [5.74, 6) is 1.99. The third kappa shape index (κ3) is 3.26. The molecule has 1 unspecified atom stereocenters. The van der Waals surface area contributed by atoms with Crippen LogP contribution in [0.4, 0.5) is 0 Å². The number of benzene rings is 1. The number of aromatic nitrogens is 3. The fourth-order valence-corrected chi connectivity index (χ4v) is 2.93. The Morgan fingerprint density at radius 3 is 2.88 bits per heavy atom. The first-order chi connectivity index (χ1) is 12.6. The Kier molecular flexibility index (Phi) is 4.08. The molecule has 130 valence electrons. The monoisotopic (exact) mass is 347 g/mol. The molecule has 0 bridgehead atoms. The van der Waals surface area contributed by atoms with Gasteiger partial charge in [0.2, 0.25) is 5.88 Å². The largest absolute Gasteiger partial charge is 0.439 e. The van der Waals surface area contributed by atoms with Gasteiger partial charge in [0.05, 0.1) is 6.42 Å². The van der Waals surface area contributed by atoms with Gasteiger partial charge in [-0.3, -0.25) is 9.78 Å². The first-order valence-electron chi connectivity index (χ1n) is 8.37. The van der Waals surface area contributed by atoms with Crippen molar-refractivity contribution in [3.8, 4) is 28.8 Å². The number of hydrogen-bond acceptors (Lipinski definition) is 6. The molecule has 6 heteroatoms. The van der Waals surface area contributed by atoms with Gasteiger partial charge in [-0.2, -0.15) is 4.98 Å². The van der Waals surface area contributed by atoms with Crippen molar-refractivity contribution >= 4 is 5.97 Å². The summed E-state index contributed by atoms with van der Waals surface area (Å²) in [4.78, 5) is 24.7. The molecule has 0 radical (unpaired) electrons. The van der Waals surface area contributed by atoms with Crippen molar-refractivity contribution in [2.45, 2.75) is 26.2 Å². The molecule has 1 aromatic carbocycles. The second-order valence-electron chi connectivity index (χ2n) is 6.29. The second kappa shape index (κ2) is 6.55. The Morgan fingerprint density at radius 1 is 1.19 bits per heavy atom. The van der Waals surface area contributed by atoms with Crippen LogP contribution in [0.5, 0.6) is 17.4 Å². The van der Waals surface area contributed by atoms with E-state index in [4.69, 9.17) is 9.47 Å². The van der Waals surface area contributed by atoms with Gasteiger partial charge in [0.15, 0.2) is 5.82 Å². The third-order valence-corrected chi connectivity index (χ3v) is 4.19. The highest BCUT2D eigenvalue weighted by Gasteiger charge is 2.24. The Balaban J connectivity index is 1.65. The summed E-state index contributed by atoms with van der Waals surface area (Å²) in [5.41, 5.74) is 2.60. The van der Waals surface area contributed by atoms with E-state index in [0.29, 0.717) is 29.6 Å². The molecule has 1 atom stereocenters. The van der Waals surface area contributed by atoms with E-state index in [-0.39, 0.29) is 11.9 Å². The zero-order valence-corrected chi connectivity index (χ0v) is 14.5. The van der Waals surface area contributed by atoms with Crippen molar-refractivity contribution in [1.82, 2.24) is 15.0 Å². The van der Waals surface area contributed by atoms with E-state index in [1.54, 1.807) is 24.5 Å². The minimum absolute atomic E-state index is 0.138. The molecular formula is C20H17N3O3. The van der Waals surface area contributed by atoms with Crippen LogP contribution in [-0.4, -0.2) is 20.9 Å². The van der Waals surface area contributed by atoms with Crippen LogP contribution in [0.1, 0.15) is 30.5 Å². The minimum Gasteiger partial charge on any atom is -0.439 e. The van der Waals surface area contributed by atoms with Crippen LogP contribution in [0.15, 0.2) is 48.8 Å². The van der Waals surface area contributed by atoms with Gasteiger partial charge in [0, 0.05) is 35.8 Å². The molecule has 3 aromatic rings. The maximum atomic E-state index is 11.7. The molecule has 0 N–H and O–H groups in total. The summed E-state index contributed by atoms with van der Waals surface area (Å²) in [6.45, 7) is 3.89. The smallest absolute Gasteiger partial charge is 0.311 e. The average molecular weight is 347 g/mol. The number of esters is 1. The molecule has 2 aromatic heterocycles. The van der Waals surface area contributed by atoms with E-state index in [9.17, 15) is 4.79 Å². The molecule has 1 aliphatic rings. The van der Waals surface area contributed by atoms with Crippen LogP contribution >= 0.6 is 0 Å². The molecule has 1 aliphatic heterocycles. The van der Waals surface area contributed by atoms with Gasteiger partial charge < -0.3 is 9.47 Å². The Hall–Kier alpha value is -3.28. The SMILES string of the molecule is Cc1cc(Oc2ccc3c(c2)OC(=O)CC3C)nc(-c2cccnc2)n1. The first-order valence-corrected chi connectivity index (χ1v) is 8.37. The molecule has 0 amide bonds. The number of hydrogen-bond donors (Lipinski definition) is 0. The summed E-state index contributed by atoms with van der Waals surface area (Å²) < 4.78 is 11.2. The molecule has 0 saturated heterocycles. The van der Waals surface area contributed by atoms with Crippen molar-refractivity contribution in [2.75, 3.05) is 0 Å². The second-order valence-corrected chi connectivity index (χ2v) is 6.29. The fraction of sp³-hybridized carbons (Fsp3) is 0.200. The average Bonchev–Trinajstić information content (AvgIpc) is 2.61. The van der Waals surface area contributed by atoms with Crippen LogP contribution in [-0.2, 0) is 4.79 Å². The summed E-state index contributed by atoms with van der Waals surface area (Å²) >= 11 is 0. The lowest BCUT2D eigenvalue weighted by Crippen LogP contribution is -2.18. The predicted molar refractivity (Wildman–Crippen MR) is 95.2 cm³/mol. The Bertz CT molecular complexity index is 973. The number of fused-ring (bicyclic) bond motifs is 1. The number of pyridine rings is 1. The Morgan fingerprint density at radius 2 is 2.08 bits per heavy atom. The molecule has 6 nitrogen and oxygen atoms in total. The lowest BCUT2D eigenvalue weighted by atomic mass is 9.95. The Labute approximate surface area is 150 Å². The van der Waals surface area contributed by atoms with Crippen LogP contribution in [0, 0.1) is 6.92 Å². The molecule has 26 heavy (non-hydrogen) atoms. The van der Waals surface area contributed by atoms with E-state index in [1.807, 2.05) is 38.1 Å². The zero-order chi connectivity index (χ0) is 18.1. The number of carbonyl (C=O) groups is 1. The molecule has 3 heterocycles. The van der Waals surface area contributed by atoms with E-state index in [2.05, 4.69) is 15.0 Å². The van der Waals surface area contributed by atoms with E-state index < -0.39 is 0 Å². The predicted octanol–water partition coefficient (Wildman–Crippen LogP) is 4.05.